The van der Waals surface area contributed by atoms with E-state index in [4.69, 9.17) is 9.88 Å². The summed E-state index contributed by atoms with van der Waals surface area (Å²) in [7, 11) is -3.87. The fourth-order valence-corrected chi connectivity index (χ4v) is 3.43. The number of benzene rings is 2. The molecule has 3 N–H and O–H groups in total. The van der Waals surface area contributed by atoms with Gasteiger partial charge in [-0.05, 0) is 55.3 Å². The first-order valence-corrected chi connectivity index (χ1v) is 10.5. The van der Waals surface area contributed by atoms with Crippen LogP contribution >= 0.6 is 11.8 Å². The first-order chi connectivity index (χ1) is 12.6. The SMILES string of the molecule is Cc1ccc(SCC(=O)OCC(=O)Nc2cccc(S(N)(=O)=O)c2)cc1C. The number of nitrogens with one attached hydrogen (secondary N) is 1. The van der Waals surface area contributed by atoms with Crippen molar-refractivity contribution < 1.29 is 22.7 Å². The number of nitrogens with two attached hydrogens (primary N) is 1. The minimum atomic E-state index is -3.87. The number of anilines is 1. The summed E-state index contributed by atoms with van der Waals surface area (Å²) in [5.41, 5.74) is 2.55. The number of amides is 1. The molecule has 0 saturated heterocycles. The van der Waals surface area contributed by atoms with E-state index in [2.05, 4.69) is 5.32 Å². The second-order valence-electron chi connectivity index (χ2n) is 5.82. The van der Waals surface area contributed by atoms with Crippen LogP contribution in [0.15, 0.2) is 52.3 Å². The lowest BCUT2D eigenvalue weighted by Gasteiger charge is -2.08. The third-order valence-electron chi connectivity index (χ3n) is 3.65. The zero-order valence-electron chi connectivity index (χ0n) is 14.9. The molecular formula is C18H20N2O5S2. The Labute approximate surface area is 162 Å². The van der Waals surface area contributed by atoms with Crippen LogP contribution in [-0.2, 0) is 24.3 Å². The standard InChI is InChI=1S/C18H20N2O5S2/c1-12-6-7-15(8-13(12)2)26-11-18(22)25-10-17(21)20-14-4-3-5-16(9-14)27(19,23)24/h3-9H,10-11H2,1-2H3,(H,20,21)(H2,19,23,24). The van der Waals surface area contributed by atoms with E-state index in [9.17, 15) is 18.0 Å². The highest BCUT2D eigenvalue weighted by atomic mass is 32.2. The summed E-state index contributed by atoms with van der Waals surface area (Å²) in [5, 5.41) is 7.50. The molecule has 0 fully saturated rings. The van der Waals surface area contributed by atoms with Crippen molar-refractivity contribution in [3.05, 3.63) is 53.6 Å². The molecule has 9 heteroatoms. The van der Waals surface area contributed by atoms with Crippen molar-refractivity contribution in [2.24, 2.45) is 5.14 Å². The molecule has 0 atom stereocenters. The third-order valence-corrected chi connectivity index (χ3v) is 5.52. The minimum Gasteiger partial charge on any atom is -0.455 e. The second kappa shape index (κ2) is 9.03. The first kappa shape index (κ1) is 20.9. The largest absolute Gasteiger partial charge is 0.455 e. The molecule has 0 heterocycles. The predicted octanol–water partition coefficient (Wildman–Crippen LogP) is 2.22. The molecule has 0 aliphatic heterocycles. The van der Waals surface area contributed by atoms with E-state index in [0.29, 0.717) is 0 Å². The Morgan fingerprint density at radius 2 is 1.85 bits per heavy atom. The minimum absolute atomic E-state index is 0.0800. The van der Waals surface area contributed by atoms with E-state index < -0.39 is 28.5 Å². The maximum atomic E-state index is 11.9. The van der Waals surface area contributed by atoms with Crippen molar-refractivity contribution in [2.45, 2.75) is 23.6 Å². The fourth-order valence-electron chi connectivity index (χ4n) is 2.08. The Bertz CT molecular complexity index is 958. The van der Waals surface area contributed by atoms with Gasteiger partial charge in [-0.2, -0.15) is 0 Å². The number of thioether (sulfide) groups is 1. The summed E-state index contributed by atoms with van der Waals surface area (Å²) in [5.74, 6) is -1.02. The molecule has 7 nitrogen and oxygen atoms in total. The molecule has 2 aromatic rings. The van der Waals surface area contributed by atoms with Gasteiger partial charge in [0, 0.05) is 10.6 Å². The zero-order chi connectivity index (χ0) is 20.0. The van der Waals surface area contributed by atoms with Crippen LogP contribution in [0.2, 0.25) is 0 Å². The summed E-state index contributed by atoms with van der Waals surface area (Å²) in [4.78, 5) is 24.5. The number of hydrogen-bond donors (Lipinski definition) is 2. The lowest BCUT2D eigenvalue weighted by molar-refractivity contribution is -0.144. The second-order valence-corrected chi connectivity index (χ2v) is 8.43. The monoisotopic (exact) mass is 408 g/mol. The van der Waals surface area contributed by atoms with Gasteiger partial charge in [0.15, 0.2) is 6.61 Å². The third kappa shape index (κ3) is 6.70. The van der Waals surface area contributed by atoms with Crippen LogP contribution in [-0.4, -0.2) is 32.7 Å². The molecule has 0 radical (unpaired) electrons. The van der Waals surface area contributed by atoms with Gasteiger partial charge in [-0.15, -0.1) is 11.8 Å². The molecule has 0 aliphatic carbocycles. The Kier molecular flexibility index (Phi) is 7.00. The maximum Gasteiger partial charge on any atom is 0.316 e. The maximum absolute atomic E-state index is 11.9. The highest BCUT2D eigenvalue weighted by molar-refractivity contribution is 8.00. The molecule has 0 bridgehead atoms. The van der Waals surface area contributed by atoms with Crippen molar-refractivity contribution in [1.29, 1.82) is 0 Å². The lowest BCUT2D eigenvalue weighted by Crippen LogP contribution is -2.22. The number of carbonyl (C=O) groups is 2. The van der Waals surface area contributed by atoms with Gasteiger partial charge in [0.2, 0.25) is 10.0 Å². The average molecular weight is 409 g/mol. The molecule has 0 spiro atoms. The summed E-state index contributed by atoms with van der Waals surface area (Å²) in [6.07, 6.45) is 0. The number of ether oxygens (including phenoxy) is 1. The fraction of sp³-hybridized carbons (Fsp3) is 0.222. The Morgan fingerprint density at radius 1 is 1.11 bits per heavy atom. The van der Waals surface area contributed by atoms with Crippen LogP contribution in [0.5, 0.6) is 0 Å². The molecule has 1 amide bonds. The van der Waals surface area contributed by atoms with Gasteiger partial charge < -0.3 is 10.1 Å². The van der Waals surface area contributed by atoms with Gasteiger partial charge in [-0.1, -0.05) is 12.1 Å². The van der Waals surface area contributed by atoms with Gasteiger partial charge in [-0.25, -0.2) is 13.6 Å². The number of hydrogen-bond acceptors (Lipinski definition) is 6. The van der Waals surface area contributed by atoms with Crippen molar-refractivity contribution in [1.82, 2.24) is 0 Å². The summed E-state index contributed by atoms with van der Waals surface area (Å²) in [6, 6.07) is 11.4. The van der Waals surface area contributed by atoms with E-state index in [1.807, 2.05) is 32.0 Å². The van der Waals surface area contributed by atoms with Crippen LogP contribution in [0, 0.1) is 13.8 Å². The summed E-state index contributed by atoms with van der Waals surface area (Å²) >= 11 is 1.32. The van der Waals surface area contributed by atoms with Gasteiger partial charge in [0.1, 0.15) is 0 Å². The zero-order valence-corrected chi connectivity index (χ0v) is 16.5. The Balaban J connectivity index is 1.81. The number of aryl methyl sites for hydroxylation is 2. The lowest BCUT2D eigenvalue weighted by atomic mass is 10.1. The normalized spacial score (nSPS) is 11.1. The van der Waals surface area contributed by atoms with E-state index in [1.54, 1.807) is 0 Å². The van der Waals surface area contributed by atoms with E-state index in [1.165, 1.54) is 41.6 Å². The molecule has 0 aromatic heterocycles. The Morgan fingerprint density at radius 3 is 2.52 bits per heavy atom. The molecule has 0 unspecified atom stereocenters. The smallest absolute Gasteiger partial charge is 0.316 e. The molecular weight excluding hydrogens is 388 g/mol. The van der Waals surface area contributed by atoms with Crippen molar-refractivity contribution in [2.75, 3.05) is 17.7 Å². The average Bonchev–Trinajstić information content (AvgIpc) is 2.60. The Hall–Kier alpha value is -2.36. The molecule has 2 rings (SSSR count). The molecule has 0 aliphatic rings. The highest BCUT2D eigenvalue weighted by Gasteiger charge is 2.11. The molecule has 2 aromatic carbocycles. The van der Waals surface area contributed by atoms with E-state index in [-0.39, 0.29) is 16.3 Å². The van der Waals surface area contributed by atoms with Gasteiger partial charge >= 0.3 is 5.97 Å². The summed E-state index contributed by atoms with van der Waals surface area (Å²) < 4.78 is 27.6. The van der Waals surface area contributed by atoms with Crippen LogP contribution in [0.4, 0.5) is 5.69 Å². The van der Waals surface area contributed by atoms with Crippen LogP contribution in [0.3, 0.4) is 0 Å². The van der Waals surface area contributed by atoms with Crippen molar-refractivity contribution in [3.8, 4) is 0 Å². The molecule has 0 saturated carbocycles. The highest BCUT2D eigenvalue weighted by Crippen LogP contribution is 2.21. The van der Waals surface area contributed by atoms with E-state index in [0.717, 1.165) is 10.5 Å². The van der Waals surface area contributed by atoms with Crippen LogP contribution in [0.1, 0.15) is 11.1 Å². The molecule has 144 valence electrons. The predicted molar refractivity (Wildman–Crippen MR) is 104 cm³/mol. The van der Waals surface area contributed by atoms with E-state index >= 15 is 0 Å². The number of esters is 1. The number of primary sulfonamides is 1. The van der Waals surface area contributed by atoms with Crippen molar-refractivity contribution >= 4 is 39.3 Å². The number of rotatable bonds is 7. The first-order valence-electron chi connectivity index (χ1n) is 7.93. The number of carbonyl (C=O) groups excluding carboxylic acids is 2. The van der Waals surface area contributed by atoms with Gasteiger partial charge in [0.05, 0.1) is 10.6 Å². The van der Waals surface area contributed by atoms with Gasteiger partial charge in [-0.3, -0.25) is 9.59 Å². The topological polar surface area (TPSA) is 116 Å². The quantitative estimate of drug-likeness (QED) is 0.536. The molecule has 27 heavy (non-hydrogen) atoms. The number of sulfonamides is 1. The van der Waals surface area contributed by atoms with Crippen LogP contribution in [0.25, 0.3) is 0 Å². The van der Waals surface area contributed by atoms with Gasteiger partial charge in [0.25, 0.3) is 5.91 Å². The van der Waals surface area contributed by atoms with Crippen LogP contribution < -0.4 is 10.5 Å². The summed E-state index contributed by atoms with van der Waals surface area (Å²) in [6.45, 7) is 3.54. The van der Waals surface area contributed by atoms with Crippen molar-refractivity contribution in [3.63, 3.8) is 0 Å².